The van der Waals surface area contributed by atoms with Crippen molar-refractivity contribution in [2.24, 2.45) is 5.92 Å². The summed E-state index contributed by atoms with van der Waals surface area (Å²) in [5.41, 5.74) is 2.82. The maximum Gasteiger partial charge on any atom is 0.335 e. The van der Waals surface area contributed by atoms with Crippen LogP contribution in [0.2, 0.25) is 5.02 Å². The fourth-order valence-electron chi connectivity index (χ4n) is 4.11. The molecule has 5 rings (SSSR count). The lowest BCUT2D eigenvalue weighted by Crippen LogP contribution is -2.37. The van der Waals surface area contributed by atoms with Crippen LogP contribution in [-0.2, 0) is 4.79 Å². The first kappa shape index (κ1) is 23.4. The number of anilines is 1. The highest BCUT2D eigenvalue weighted by Gasteiger charge is 2.35. The Bertz CT molecular complexity index is 1420. The first-order valence-electron chi connectivity index (χ1n) is 11.3. The monoisotopic (exact) mass is 504 g/mol. The smallest absolute Gasteiger partial charge is 0.335 e. The van der Waals surface area contributed by atoms with E-state index in [-0.39, 0.29) is 11.5 Å². The molecule has 1 aliphatic carbocycles. The molecular weight excluding hydrogens is 484 g/mol. The van der Waals surface area contributed by atoms with Crippen molar-refractivity contribution in [2.75, 3.05) is 5.32 Å². The minimum absolute atomic E-state index is 0.123. The van der Waals surface area contributed by atoms with Crippen molar-refractivity contribution in [1.82, 2.24) is 20.2 Å². The van der Waals surface area contributed by atoms with Gasteiger partial charge in [-0.3, -0.25) is 4.79 Å². The van der Waals surface area contributed by atoms with Crippen LogP contribution >= 0.6 is 11.6 Å². The highest BCUT2D eigenvalue weighted by Crippen LogP contribution is 2.39. The molecule has 36 heavy (non-hydrogen) atoms. The zero-order chi connectivity index (χ0) is 25.2. The molecule has 0 bridgehead atoms. The van der Waals surface area contributed by atoms with Gasteiger partial charge in [-0.15, -0.1) is 5.10 Å². The van der Waals surface area contributed by atoms with E-state index >= 15 is 0 Å². The summed E-state index contributed by atoms with van der Waals surface area (Å²) in [5, 5.41) is 36.9. The third-order valence-corrected chi connectivity index (χ3v) is 6.38. The summed E-state index contributed by atoms with van der Waals surface area (Å²) < 4.78 is 2.20. The van der Waals surface area contributed by atoms with Gasteiger partial charge in [-0.25, -0.2) is 4.79 Å². The molecule has 0 spiro atoms. The molecule has 2 aromatic heterocycles. The molecule has 2 heterocycles. The van der Waals surface area contributed by atoms with E-state index < -0.39 is 11.9 Å². The molecule has 1 atom stereocenters. The minimum atomic E-state index is -1.05. The van der Waals surface area contributed by atoms with Gasteiger partial charge in [-0.05, 0) is 71.3 Å². The Labute approximate surface area is 210 Å². The van der Waals surface area contributed by atoms with E-state index in [0.717, 1.165) is 17.6 Å². The van der Waals surface area contributed by atoms with E-state index in [1.807, 2.05) is 0 Å². The number of aromatic nitrogens is 5. The number of carbonyl (C=O) groups is 2. The van der Waals surface area contributed by atoms with Gasteiger partial charge in [0, 0.05) is 27.9 Å². The van der Waals surface area contributed by atoms with E-state index in [9.17, 15) is 14.8 Å². The molecule has 0 aliphatic heterocycles. The number of nitrogens with one attached hydrogen (secondary N) is 1. The Morgan fingerprint density at radius 1 is 1.17 bits per heavy atom. The number of halogens is 1. The van der Waals surface area contributed by atoms with Crippen LogP contribution in [0.3, 0.4) is 0 Å². The lowest BCUT2D eigenvalue weighted by molar-refractivity contribution is -0.614. The van der Waals surface area contributed by atoms with Crippen molar-refractivity contribution in [3.8, 4) is 16.8 Å². The number of hydrogen-bond donors (Lipinski definition) is 2. The summed E-state index contributed by atoms with van der Waals surface area (Å²) in [6, 6.07) is 14.5. The fraction of sp³-hybridized carbons (Fsp3) is 0.200. The Balaban J connectivity index is 1.45. The van der Waals surface area contributed by atoms with Crippen molar-refractivity contribution in [1.29, 1.82) is 0 Å². The standard InChI is InChI=1S/C25H21ClN6O4/c26-18-6-10-22(31-14-27-29-30-31)20(12-18)17-5-9-23(32(36)13-17)21(11-15-1-2-15)24(33)28-19-7-3-16(4-8-19)25(34)35/h3-10,12-15,21H,1-2,11H2,(H,28,33)(H,34,35). The van der Waals surface area contributed by atoms with Crippen LogP contribution in [0.25, 0.3) is 16.8 Å². The fourth-order valence-corrected chi connectivity index (χ4v) is 4.28. The molecule has 10 nitrogen and oxygen atoms in total. The number of carboxylic acid groups (broad SMARTS) is 1. The topological polar surface area (TPSA) is 137 Å². The van der Waals surface area contributed by atoms with Gasteiger partial charge in [0.2, 0.25) is 11.6 Å². The van der Waals surface area contributed by atoms with E-state index in [1.54, 1.807) is 30.3 Å². The number of benzene rings is 2. The van der Waals surface area contributed by atoms with Crippen LogP contribution in [0.1, 0.15) is 41.2 Å². The third kappa shape index (κ3) is 5.03. The summed E-state index contributed by atoms with van der Waals surface area (Å²) in [4.78, 5) is 24.3. The van der Waals surface area contributed by atoms with Crippen LogP contribution in [0.4, 0.5) is 5.69 Å². The molecule has 1 fully saturated rings. The third-order valence-electron chi connectivity index (χ3n) is 6.15. The van der Waals surface area contributed by atoms with E-state index in [4.69, 9.17) is 16.7 Å². The molecule has 1 amide bonds. The quantitative estimate of drug-likeness (QED) is 0.275. The van der Waals surface area contributed by atoms with Gasteiger partial charge in [-0.2, -0.15) is 9.41 Å². The lowest BCUT2D eigenvalue weighted by atomic mass is 9.95. The van der Waals surface area contributed by atoms with Gasteiger partial charge in [0.25, 0.3) is 0 Å². The number of rotatable bonds is 8. The summed E-state index contributed by atoms with van der Waals surface area (Å²) in [6.07, 6.45) is 5.46. The van der Waals surface area contributed by atoms with Crippen molar-refractivity contribution in [3.05, 3.63) is 88.6 Å². The number of nitrogens with zero attached hydrogens (tertiary/aromatic N) is 5. The predicted molar refractivity (Wildman–Crippen MR) is 131 cm³/mol. The highest BCUT2D eigenvalue weighted by atomic mass is 35.5. The molecule has 11 heteroatoms. The van der Waals surface area contributed by atoms with E-state index in [1.165, 1.54) is 41.5 Å². The van der Waals surface area contributed by atoms with Crippen LogP contribution in [0, 0.1) is 11.1 Å². The molecule has 1 unspecified atom stereocenters. The average Bonchev–Trinajstić information content (AvgIpc) is 3.52. The van der Waals surface area contributed by atoms with Gasteiger partial charge >= 0.3 is 5.97 Å². The number of tetrazole rings is 1. The van der Waals surface area contributed by atoms with Crippen LogP contribution < -0.4 is 10.0 Å². The number of amides is 1. The number of hydrogen-bond acceptors (Lipinski definition) is 6. The van der Waals surface area contributed by atoms with Gasteiger partial charge < -0.3 is 15.6 Å². The number of pyridine rings is 1. The van der Waals surface area contributed by atoms with Gasteiger partial charge in [0.15, 0.2) is 6.20 Å². The second-order valence-electron chi connectivity index (χ2n) is 8.69. The summed E-state index contributed by atoms with van der Waals surface area (Å²) >= 11 is 6.23. The first-order valence-corrected chi connectivity index (χ1v) is 11.7. The van der Waals surface area contributed by atoms with E-state index in [2.05, 4.69) is 20.8 Å². The first-order chi connectivity index (χ1) is 17.4. The number of carboxylic acids is 1. The maximum absolute atomic E-state index is 13.2. The van der Waals surface area contributed by atoms with Crippen LogP contribution in [0.15, 0.2) is 67.1 Å². The lowest BCUT2D eigenvalue weighted by Gasteiger charge is -2.17. The zero-order valence-corrected chi connectivity index (χ0v) is 19.7. The van der Waals surface area contributed by atoms with Crippen molar-refractivity contribution in [3.63, 3.8) is 0 Å². The number of carbonyl (C=O) groups excluding carboxylic acids is 1. The summed E-state index contributed by atoms with van der Waals surface area (Å²) in [6.45, 7) is 0. The molecule has 2 N–H and O–H groups in total. The molecule has 1 saturated carbocycles. The minimum Gasteiger partial charge on any atom is -0.618 e. The number of aromatic carboxylic acids is 1. The normalized spacial score (nSPS) is 13.8. The summed E-state index contributed by atoms with van der Waals surface area (Å²) in [7, 11) is 0. The van der Waals surface area contributed by atoms with Crippen molar-refractivity contribution in [2.45, 2.75) is 25.2 Å². The predicted octanol–water partition coefficient (Wildman–Crippen LogP) is 3.84. The van der Waals surface area contributed by atoms with Crippen molar-refractivity contribution < 1.29 is 19.4 Å². The molecule has 0 radical (unpaired) electrons. The Hall–Kier alpha value is -4.31. The maximum atomic E-state index is 13.2. The molecule has 2 aromatic carbocycles. The Morgan fingerprint density at radius 3 is 2.58 bits per heavy atom. The Kier molecular flexibility index (Phi) is 6.34. The summed E-state index contributed by atoms with van der Waals surface area (Å²) in [5.74, 6) is -1.65. The second kappa shape index (κ2) is 9.74. The van der Waals surface area contributed by atoms with Gasteiger partial charge in [0.1, 0.15) is 12.2 Å². The highest BCUT2D eigenvalue weighted by molar-refractivity contribution is 6.31. The molecule has 1 aliphatic rings. The second-order valence-corrected chi connectivity index (χ2v) is 9.12. The van der Waals surface area contributed by atoms with Crippen LogP contribution in [0.5, 0.6) is 0 Å². The molecule has 4 aromatic rings. The van der Waals surface area contributed by atoms with Crippen LogP contribution in [-0.4, -0.2) is 37.2 Å². The SMILES string of the molecule is O=C(O)c1ccc(NC(=O)C(CC2CC2)c2ccc(-c3cc(Cl)ccc3-n3cnnn3)c[n+]2[O-])cc1. The molecule has 0 saturated heterocycles. The van der Waals surface area contributed by atoms with Gasteiger partial charge in [-0.1, -0.05) is 24.4 Å². The Morgan fingerprint density at radius 2 is 1.94 bits per heavy atom. The van der Waals surface area contributed by atoms with E-state index in [0.29, 0.717) is 45.6 Å². The van der Waals surface area contributed by atoms with Crippen molar-refractivity contribution >= 4 is 29.2 Å². The zero-order valence-electron chi connectivity index (χ0n) is 18.9. The molecule has 182 valence electrons. The van der Waals surface area contributed by atoms with Gasteiger partial charge in [0.05, 0.1) is 11.3 Å². The largest absolute Gasteiger partial charge is 0.618 e. The molecular formula is C25H21ClN6O4. The average molecular weight is 505 g/mol.